The van der Waals surface area contributed by atoms with Crippen molar-refractivity contribution in [1.29, 1.82) is 0 Å². The van der Waals surface area contributed by atoms with Gasteiger partial charge in [-0.1, -0.05) is 6.07 Å². The molecule has 28 heavy (non-hydrogen) atoms. The van der Waals surface area contributed by atoms with Crippen LogP contribution in [0, 0.1) is 0 Å². The van der Waals surface area contributed by atoms with E-state index in [2.05, 4.69) is 10.1 Å². The third kappa shape index (κ3) is 2.84. The van der Waals surface area contributed by atoms with E-state index in [9.17, 15) is 14.4 Å². The van der Waals surface area contributed by atoms with E-state index in [1.807, 2.05) is 0 Å². The molecule has 1 aromatic carbocycles. The molecule has 146 valence electrons. The van der Waals surface area contributed by atoms with Crippen molar-refractivity contribution in [3.8, 4) is 11.5 Å². The normalized spacial score (nSPS) is 20.9. The summed E-state index contributed by atoms with van der Waals surface area (Å²) in [6.07, 6.45) is 0. The lowest BCUT2D eigenvalue weighted by Crippen LogP contribution is -2.40. The Hall–Kier alpha value is -3.49. The maximum Gasteiger partial charge on any atom is 0.373 e. The molecular weight excluding hydrogens is 368 g/mol. The third-order valence-electron chi connectivity index (χ3n) is 4.76. The van der Waals surface area contributed by atoms with Gasteiger partial charge in [-0.25, -0.2) is 9.59 Å². The Kier molecular flexibility index (Phi) is 4.21. The molecule has 0 unspecified atom stereocenters. The van der Waals surface area contributed by atoms with E-state index < -0.39 is 23.4 Å². The van der Waals surface area contributed by atoms with Crippen molar-refractivity contribution in [1.82, 2.24) is 10.2 Å². The fourth-order valence-electron chi connectivity index (χ4n) is 3.22. The number of urea groups is 1. The average Bonchev–Trinajstić information content (AvgIpc) is 3.26. The molecule has 0 aliphatic carbocycles. The number of hydrogen-bond acceptors (Lipinski definition) is 7. The minimum Gasteiger partial charge on any atom is -0.486 e. The van der Waals surface area contributed by atoms with Gasteiger partial charge in [-0.3, -0.25) is 9.69 Å². The molecule has 2 aliphatic rings. The number of carbonyl (C=O) groups excluding carboxylic acids is 3. The van der Waals surface area contributed by atoms with Crippen molar-refractivity contribution >= 4 is 17.9 Å². The van der Waals surface area contributed by atoms with E-state index in [1.54, 1.807) is 25.1 Å². The molecule has 0 radical (unpaired) electrons. The fourth-order valence-corrected chi connectivity index (χ4v) is 3.22. The Morgan fingerprint density at radius 2 is 1.93 bits per heavy atom. The van der Waals surface area contributed by atoms with Crippen LogP contribution in [-0.4, -0.2) is 43.1 Å². The number of ether oxygens (including phenoxy) is 3. The lowest BCUT2D eigenvalue weighted by atomic mass is 9.91. The zero-order valence-corrected chi connectivity index (χ0v) is 15.3. The summed E-state index contributed by atoms with van der Waals surface area (Å²) in [7, 11) is 1.24. The van der Waals surface area contributed by atoms with E-state index in [-0.39, 0.29) is 18.1 Å². The van der Waals surface area contributed by atoms with Gasteiger partial charge in [-0.05, 0) is 36.8 Å². The van der Waals surface area contributed by atoms with Crippen molar-refractivity contribution in [3.05, 3.63) is 47.4 Å². The second-order valence-electron chi connectivity index (χ2n) is 6.56. The van der Waals surface area contributed by atoms with E-state index in [1.165, 1.54) is 19.2 Å². The molecule has 9 heteroatoms. The van der Waals surface area contributed by atoms with Gasteiger partial charge in [0.2, 0.25) is 5.76 Å². The molecule has 0 spiro atoms. The highest BCUT2D eigenvalue weighted by Crippen LogP contribution is 2.37. The van der Waals surface area contributed by atoms with Crippen LogP contribution < -0.4 is 14.8 Å². The number of nitrogens with one attached hydrogen (secondary N) is 1. The molecule has 9 nitrogen and oxygen atoms in total. The minimum absolute atomic E-state index is 0.000785. The van der Waals surface area contributed by atoms with Gasteiger partial charge in [0.1, 0.15) is 24.5 Å². The summed E-state index contributed by atoms with van der Waals surface area (Å²) in [4.78, 5) is 38.1. The quantitative estimate of drug-likeness (QED) is 0.631. The van der Waals surface area contributed by atoms with Crippen molar-refractivity contribution < 1.29 is 33.0 Å². The van der Waals surface area contributed by atoms with Crippen molar-refractivity contribution in [2.24, 2.45) is 0 Å². The minimum atomic E-state index is -1.26. The summed E-state index contributed by atoms with van der Waals surface area (Å²) in [5.41, 5.74) is -0.683. The zero-order chi connectivity index (χ0) is 19.9. The smallest absolute Gasteiger partial charge is 0.373 e. The molecule has 0 bridgehead atoms. The summed E-state index contributed by atoms with van der Waals surface area (Å²) in [6.45, 7) is 2.40. The van der Waals surface area contributed by atoms with Gasteiger partial charge in [0.05, 0.1) is 13.7 Å². The Morgan fingerprint density at radius 1 is 1.18 bits per heavy atom. The molecule has 1 N–H and O–H groups in total. The van der Waals surface area contributed by atoms with Crippen LogP contribution in [0.1, 0.15) is 28.8 Å². The molecule has 3 heterocycles. The molecule has 1 saturated heterocycles. The summed E-state index contributed by atoms with van der Waals surface area (Å²) in [6, 6.07) is 7.52. The summed E-state index contributed by atoms with van der Waals surface area (Å²) in [5.74, 6) is 0.335. The predicted molar refractivity (Wildman–Crippen MR) is 93.9 cm³/mol. The van der Waals surface area contributed by atoms with Gasteiger partial charge < -0.3 is 23.9 Å². The molecule has 3 amide bonds. The van der Waals surface area contributed by atoms with Crippen LogP contribution in [0.15, 0.2) is 34.7 Å². The number of hydrogen-bond donors (Lipinski definition) is 1. The third-order valence-corrected chi connectivity index (χ3v) is 4.76. The maximum atomic E-state index is 13.0. The van der Waals surface area contributed by atoms with E-state index in [4.69, 9.17) is 13.9 Å². The molecule has 4 rings (SSSR count). The summed E-state index contributed by atoms with van der Waals surface area (Å²) in [5, 5.41) is 2.72. The van der Waals surface area contributed by atoms with E-state index in [0.29, 0.717) is 30.3 Å². The van der Waals surface area contributed by atoms with Crippen LogP contribution in [0.25, 0.3) is 0 Å². The summed E-state index contributed by atoms with van der Waals surface area (Å²) >= 11 is 0. The Morgan fingerprint density at radius 3 is 2.68 bits per heavy atom. The Balaban J connectivity index is 1.58. The first-order chi connectivity index (χ1) is 13.4. The number of benzene rings is 1. The standard InChI is InChI=1S/C19H18N2O7/c1-19(11-3-5-13-15(9-11)27-8-7-26-13)17(23)21(18(24)20-19)10-12-4-6-14(28-12)16(22)25-2/h3-6,9H,7-8,10H2,1-2H3,(H,20,24)/t19-/m0/s1. The van der Waals surface area contributed by atoms with Gasteiger partial charge in [-0.15, -0.1) is 0 Å². The first-order valence-corrected chi connectivity index (χ1v) is 8.63. The highest BCUT2D eigenvalue weighted by molar-refractivity contribution is 6.07. The number of methoxy groups -OCH3 is 1. The highest BCUT2D eigenvalue weighted by atomic mass is 16.6. The molecule has 1 fully saturated rings. The molecule has 2 aliphatic heterocycles. The number of nitrogens with zero attached hydrogens (tertiary/aromatic N) is 1. The Bertz CT molecular complexity index is 967. The van der Waals surface area contributed by atoms with Gasteiger partial charge in [0, 0.05) is 0 Å². The number of rotatable bonds is 4. The number of esters is 1. The van der Waals surface area contributed by atoms with Crippen molar-refractivity contribution in [3.63, 3.8) is 0 Å². The SMILES string of the molecule is COC(=O)c1ccc(CN2C(=O)N[C@@](C)(c3ccc4c(c3)OCCO4)C2=O)o1. The number of amides is 3. The lowest BCUT2D eigenvalue weighted by molar-refractivity contribution is -0.131. The largest absolute Gasteiger partial charge is 0.486 e. The van der Waals surface area contributed by atoms with Gasteiger partial charge in [0.15, 0.2) is 11.5 Å². The van der Waals surface area contributed by atoms with Gasteiger partial charge in [-0.2, -0.15) is 0 Å². The molecular formula is C19H18N2O7. The zero-order valence-electron chi connectivity index (χ0n) is 15.3. The van der Waals surface area contributed by atoms with Crippen LogP contribution in [0.5, 0.6) is 11.5 Å². The van der Waals surface area contributed by atoms with Crippen LogP contribution in [0.3, 0.4) is 0 Å². The molecule has 2 aromatic rings. The van der Waals surface area contributed by atoms with Gasteiger partial charge in [0.25, 0.3) is 5.91 Å². The fraction of sp³-hybridized carbons (Fsp3) is 0.316. The number of imide groups is 1. The topological polar surface area (TPSA) is 107 Å². The first kappa shape index (κ1) is 17.9. The number of furan rings is 1. The van der Waals surface area contributed by atoms with Gasteiger partial charge >= 0.3 is 12.0 Å². The molecule has 1 atom stereocenters. The van der Waals surface area contributed by atoms with E-state index in [0.717, 1.165) is 4.90 Å². The summed E-state index contributed by atoms with van der Waals surface area (Å²) < 4.78 is 21.0. The van der Waals surface area contributed by atoms with E-state index >= 15 is 0 Å². The lowest BCUT2D eigenvalue weighted by Gasteiger charge is -2.25. The first-order valence-electron chi connectivity index (χ1n) is 8.63. The van der Waals surface area contributed by atoms with Crippen molar-refractivity contribution in [2.45, 2.75) is 19.0 Å². The second kappa shape index (κ2) is 6.59. The highest BCUT2D eigenvalue weighted by Gasteiger charge is 2.49. The predicted octanol–water partition coefficient (Wildman–Crippen LogP) is 1.80. The Labute approximate surface area is 160 Å². The second-order valence-corrected chi connectivity index (χ2v) is 6.56. The number of fused-ring (bicyclic) bond motifs is 1. The van der Waals surface area contributed by atoms with Crippen molar-refractivity contribution in [2.75, 3.05) is 20.3 Å². The van der Waals surface area contributed by atoms with Crippen LogP contribution >= 0.6 is 0 Å². The number of carbonyl (C=O) groups is 3. The maximum absolute atomic E-state index is 13.0. The monoisotopic (exact) mass is 386 g/mol. The van der Waals surface area contributed by atoms with Crippen LogP contribution in [-0.2, 0) is 21.6 Å². The average molecular weight is 386 g/mol. The molecule has 1 aromatic heterocycles. The van der Waals surface area contributed by atoms with Crippen LogP contribution in [0.4, 0.5) is 4.79 Å². The van der Waals surface area contributed by atoms with Crippen LogP contribution in [0.2, 0.25) is 0 Å². The molecule has 0 saturated carbocycles.